The van der Waals surface area contributed by atoms with Gasteiger partial charge in [-0.1, -0.05) is 0 Å². The maximum absolute atomic E-state index is 11.4. The van der Waals surface area contributed by atoms with Crippen molar-refractivity contribution >= 4 is 10.0 Å². The third-order valence-electron chi connectivity index (χ3n) is 2.55. The molecule has 0 aromatic heterocycles. The van der Waals surface area contributed by atoms with Crippen LogP contribution in [0, 0.1) is 5.92 Å². The van der Waals surface area contributed by atoms with Gasteiger partial charge in [-0.2, -0.15) is 0 Å². The van der Waals surface area contributed by atoms with Crippen molar-refractivity contribution in [3.63, 3.8) is 0 Å². The minimum absolute atomic E-state index is 0.160. The molecule has 0 aliphatic carbocycles. The van der Waals surface area contributed by atoms with Crippen LogP contribution in [-0.4, -0.2) is 58.9 Å². The summed E-state index contributed by atoms with van der Waals surface area (Å²) in [4.78, 5) is 0. The molecule has 0 aromatic rings. The second kappa shape index (κ2) is 5.79. The Bertz CT molecular complexity index is 271. The Morgan fingerprint density at radius 3 is 2.73 bits per heavy atom. The smallest absolute Gasteiger partial charge is 0.214 e. The normalized spacial score (nSPS) is 22.5. The van der Waals surface area contributed by atoms with E-state index in [1.54, 1.807) is 14.1 Å². The first-order valence-electron chi connectivity index (χ1n) is 5.21. The molecule has 0 saturated carbocycles. The minimum atomic E-state index is -3.05. The van der Waals surface area contributed by atoms with Gasteiger partial charge in [-0.05, 0) is 12.3 Å². The van der Waals surface area contributed by atoms with E-state index in [4.69, 9.17) is 4.74 Å². The molecule has 0 radical (unpaired) electrons. The minimum Gasteiger partial charge on any atom is -0.381 e. The molecule has 1 atom stereocenters. The molecule has 0 spiro atoms. The summed E-state index contributed by atoms with van der Waals surface area (Å²) >= 11 is 0. The lowest BCUT2D eigenvalue weighted by atomic mass is 10.1. The van der Waals surface area contributed by atoms with Crippen LogP contribution in [0.3, 0.4) is 0 Å². The van der Waals surface area contributed by atoms with Gasteiger partial charge in [-0.15, -0.1) is 0 Å². The third kappa shape index (κ3) is 4.46. The molecule has 1 saturated heterocycles. The van der Waals surface area contributed by atoms with E-state index in [0.29, 0.717) is 12.5 Å². The van der Waals surface area contributed by atoms with Gasteiger partial charge in [0.05, 0.1) is 12.4 Å². The number of hydrogen-bond acceptors (Lipinski definition) is 4. The van der Waals surface area contributed by atoms with Crippen LogP contribution in [0.4, 0.5) is 0 Å². The van der Waals surface area contributed by atoms with E-state index in [2.05, 4.69) is 5.32 Å². The first kappa shape index (κ1) is 12.9. The summed E-state index contributed by atoms with van der Waals surface area (Å²) < 4.78 is 29.3. The van der Waals surface area contributed by atoms with Crippen molar-refractivity contribution in [3.05, 3.63) is 0 Å². The van der Waals surface area contributed by atoms with Crippen LogP contribution < -0.4 is 5.32 Å². The van der Waals surface area contributed by atoms with E-state index in [-0.39, 0.29) is 5.75 Å². The van der Waals surface area contributed by atoms with Crippen molar-refractivity contribution in [1.29, 1.82) is 0 Å². The summed E-state index contributed by atoms with van der Waals surface area (Å²) in [7, 11) is 0.0570. The predicted octanol–water partition coefficient (Wildman–Crippen LogP) is -0.496. The maximum atomic E-state index is 11.4. The lowest BCUT2D eigenvalue weighted by molar-refractivity contribution is 0.185. The highest BCUT2D eigenvalue weighted by Crippen LogP contribution is 2.10. The highest BCUT2D eigenvalue weighted by Gasteiger charge is 2.16. The number of hydrogen-bond donors (Lipinski definition) is 1. The quantitative estimate of drug-likeness (QED) is 0.632. The predicted molar refractivity (Wildman–Crippen MR) is 59.3 cm³/mol. The van der Waals surface area contributed by atoms with E-state index in [0.717, 1.165) is 26.2 Å². The Balaban J connectivity index is 2.11. The van der Waals surface area contributed by atoms with Crippen LogP contribution in [0.5, 0.6) is 0 Å². The van der Waals surface area contributed by atoms with E-state index < -0.39 is 10.0 Å². The number of sulfonamides is 1. The molecular weight excluding hydrogens is 216 g/mol. The molecule has 1 aliphatic rings. The fourth-order valence-corrected chi connectivity index (χ4v) is 2.20. The van der Waals surface area contributed by atoms with Crippen molar-refractivity contribution in [2.75, 3.05) is 46.2 Å². The lowest BCUT2D eigenvalue weighted by Gasteiger charge is -2.12. The van der Waals surface area contributed by atoms with Gasteiger partial charge in [-0.25, -0.2) is 12.7 Å². The Hall–Kier alpha value is -0.170. The largest absolute Gasteiger partial charge is 0.381 e. The number of nitrogens with one attached hydrogen (secondary N) is 1. The molecule has 1 rings (SSSR count). The molecule has 90 valence electrons. The molecule has 0 amide bonds. The van der Waals surface area contributed by atoms with Gasteiger partial charge in [0.25, 0.3) is 0 Å². The zero-order valence-corrected chi connectivity index (χ0v) is 10.2. The Kier molecular flexibility index (Phi) is 4.98. The molecule has 1 heterocycles. The molecule has 1 unspecified atom stereocenters. The summed E-state index contributed by atoms with van der Waals surface area (Å²) in [5.41, 5.74) is 0. The highest BCUT2D eigenvalue weighted by atomic mass is 32.2. The van der Waals surface area contributed by atoms with Crippen molar-refractivity contribution < 1.29 is 13.2 Å². The van der Waals surface area contributed by atoms with Crippen molar-refractivity contribution in [2.24, 2.45) is 5.92 Å². The summed E-state index contributed by atoms with van der Waals surface area (Å²) in [6, 6.07) is 0. The molecule has 0 bridgehead atoms. The Morgan fingerprint density at radius 1 is 1.47 bits per heavy atom. The van der Waals surface area contributed by atoms with Crippen molar-refractivity contribution in [1.82, 2.24) is 9.62 Å². The Labute approximate surface area is 91.8 Å². The van der Waals surface area contributed by atoms with Gasteiger partial charge < -0.3 is 10.1 Å². The topological polar surface area (TPSA) is 58.6 Å². The van der Waals surface area contributed by atoms with Crippen molar-refractivity contribution in [3.8, 4) is 0 Å². The van der Waals surface area contributed by atoms with Gasteiger partial charge in [0, 0.05) is 33.8 Å². The summed E-state index contributed by atoms with van der Waals surface area (Å²) in [6.45, 7) is 3.00. The monoisotopic (exact) mass is 236 g/mol. The van der Waals surface area contributed by atoms with E-state index in [1.165, 1.54) is 4.31 Å². The third-order valence-corrected chi connectivity index (χ3v) is 4.38. The van der Waals surface area contributed by atoms with Crippen LogP contribution in [0.1, 0.15) is 6.42 Å². The van der Waals surface area contributed by atoms with Crippen LogP contribution in [-0.2, 0) is 14.8 Å². The van der Waals surface area contributed by atoms with Crippen molar-refractivity contribution in [2.45, 2.75) is 6.42 Å². The molecule has 1 fully saturated rings. The first-order chi connectivity index (χ1) is 7.02. The standard InChI is InChI=1S/C9H20N2O3S/c1-11(2)15(12,13)6-4-10-7-9-3-5-14-8-9/h9-10H,3-8H2,1-2H3. The van der Waals surface area contributed by atoms with E-state index in [1.807, 2.05) is 0 Å². The average molecular weight is 236 g/mol. The average Bonchev–Trinajstić information content (AvgIpc) is 2.64. The zero-order valence-electron chi connectivity index (χ0n) is 9.40. The Morgan fingerprint density at radius 2 is 2.20 bits per heavy atom. The number of rotatable bonds is 6. The molecule has 5 nitrogen and oxygen atoms in total. The lowest BCUT2D eigenvalue weighted by Crippen LogP contribution is -2.33. The molecular formula is C9H20N2O3S. The number of nitrogens with zero attached hydrogens (tertiary/aromatic N) is 1. The number of ether oxygens (including phenoxy) is 1. The van der Waals surface area contributed by atoms with E-state index in [9.17, 15) is 8.42 Å². The molecule has 1 aliphatic heterocycles. The fraction of sp³-hybridized carbons (Fsp3) is 1.00. The summed E-state index contributed by atoms with van der Waals surface area (Å²) in [5, 5.41) is 3.15. The van der Waals surface area contributed by atoms with Crippen LogP contribution in [0.2, 0.25) is 0 Å². The van der Waals surface area contributed by atoms with Gasteiger partial charge in [0.15, 0.2) is 0 Å². The first-order valence-corrected chi connectivity index (χ1v) is 6.82. The van der Waals surface area contributed by atoms with Crippen LogP contribution in [0.15, 0.2) is 0 Å². The van der Waals surface area contributed by atoms with Crippen LogP contribution >= 0.6 is 0 Å². The summed E-state index contributed by atoms with van der Waals surface area (Å²) in [5.74, 6) is 0.708. The highest BCUT2D eigenvalue weighted by molar-refractivity contribution is 7.89. The SMILES string of the molecule is CN(C)S(=O)(=O)CCNCC1CCOC1. The second-order valence-electron chi connectivity index (χ2n) is 4.03. The summed E-state index contributed by atoms with van der Waals surface area (Å²) in [6.07, 6.45) is 1.08. The van der Waals surface area contributed by atoms with E-state index >= 15 is 0 Å². The molecule has 0 aromatic carbocycles. The van der Waals surface area contributed by atoms with Gasteiger partial charge in [-0.3, -0.25) is 0 Å². The molecule has 1 N–H and O–H groups in total. The van der Waals surface area contributed by atoms with Gasteiger partial charge >= 0.3 is 0 Å². The molecule has 15 heavy (non-hydrogen) atoms. The maximum Gasteiger partial charge on any atom is 0.214 e. The van der Waals surface area contributed by atoms with Gasteiger partial charge in [0.2, 0.25) is 10.0 Å². The second-order valence-corrected chi connectivity index (χ2v) is 6.33. The molecule has 6 heteroatoms. The zero-order chi connectivity index (χ0) is 11.3. The fourth-order valence-electron chi connectivity index (χ4n) is 1.43. The van der Waals surface area contributed by atoms with Gasteiger partial charge in [0.1, 0.15) is 0 Å². The van der Waals surface area contributed by atoms with Crippen LogP contribution in [0.25, 0.3) is 0 Å².